The Bertz CT molecular complexity index is 475. The van der Waals surface area contributed by atoms with Crippen molar-refractivity contribution in [2.45, 2.75) is 6.18 Å². The molecule has 20 heavy (non-hydrogen) atoms. The number of nitrogens with one attached hydrogen (secondary N) is 1. The summed E-state index contributed by atoms with van der Waals surface area (Å²) in [5, 5.41) is 5.14. The lowest BCUT2D eigenvalue weighted by molar-refractivity contribution is -0.141. The fourth-order valence-electron chi connectivity index (χ4n) is 1.21. The largest absolute Gasteiger partial charge is 0.496 e. The van der Waals surface area contributed by atoms with E-state index < -0.39 is 25.2 Å². The smallest absolute Gasteiger partial charge is 0.405 e. The van der Waals surface area contributed by atoms with E-state index in [0.717, 1.165) is 0 Å². The van der Waals surface area contributed by atoms with Gasteiger partial charge in [0.1, 0.15) is 12.3 Å². The molecular weight excluding hydrogens is 277 g/mol. The summed E-state index contributed by atoms with van der Waals surface area (Å²) in [6.45, 7) is -1.99. The van der Waals surface area contributed by atoms with Crippen LogP contribution in [0.3, 0.4) is 0 Å². The van der Waals surface area contributed by atoms with Gasteiger partial charge in [-0.05, 0) is 12.1 Å². The number of amides is 1. The highest BCUT2D eigenvalue weighted by Crippen LogP contribution is 2.14. The summed E-state index contributed by atoms with van der Waals surface area (Å²) in [5.41, 5.74) is 0.616. The number of nitrogens with zero attached hydrogens (tertiary/aromatic N) is 1. The van der Waals surface area contributed by atoms with Crippen molar-refractivity contribution in [3.63, 3.8) is 0 Å². The van der Waals surface area contributed by atoms with Gasteiger partial charge in [-0.3, -0.25) is 4.79 Å². The molecule has 0 aliphatic rings. The topological polar surface area (TPSA) is 59.9 Å². The Balaban J connectivity index is 2.36. The number of carbonyl (C=O) groups is 1. The molecule has 0 aliphatic heterocycles. The Labute approximate surface area is 113 Å². The maximum atomic E-state index is 11.8. The fourth-order valence-corrected chi connectivity index (χ4v) is 1.21. The van der Waals surface area contributed by atoms with Gasteiger partial charge in [0.25, 0.3) is 5.91 Å². The van der Waals surface area contributed by atoms with E-state index in [2.05, 4.69) is 9.99 Å². The van der Waals surface area contributed by atoms with Gasteiger partial charge in [-0.25, -0.2) is 0 Å². The minimum Gasteiger partial charge on any atom is -0.496 e. The number of alkyl halides is 3. The summed E-state index contributed by atoms with van der Waals surface area (Å²) in [6.07, 6.45) is -3.15. The molecule has 8 heteroatoms. The van der Waals surface area contributed by atoms with Crippen molar-refractivity contribution in [3.8, 4) is 5.75 Å². The maximum absolute atomic E-state index is 11.8. The quantitative estimate of drug-likeness (QED) is 0.641. The zero-order valence-corrected chi connectivity index (χ0v) is 10.6. The first-order chi connectivity index (χ1) is 9.42. The molecule has 0 aromatic heterocycles. The molecule has 110 valence electrons. The Morgan fingerprint density at radius 3 is 2.75 bits per heavy atom. The third-order valence-corrected chi connectivity index (χ3v) is 2.09. The molecule has 0 saturated heterocycles. The Kier molecular flexibility index (Phi) is 5.82. The second kappa shape index (κ2) is 7.37. The van der Waals surface area contributed by atoms with Gasteiger partial charge >= 0.3 is 6.18 Å². The van der Waals surface area contributed by atoms with Crippen LogP contribution in [0.15, 0.2) is 29.4 Å². The van der Waals surface area contributed by atoms with Crippen LogP contribution >= 0.6 is 0 Å². The molecule has 0 spiro atoms. The number of oxime groups is 1. The number of carbonyl (C=O) groups excluding carboxylic acids is 1. The number of para-hydroxylation sites is 1. The van der Waals surface area contributed by atoms with Crippen LogP contribution in [0.4, 0.5) is 13.2 Å². The molecule has 0 heterocycles. The van der Waals surface area contributed by atoms with Crippen LogP contribution in [0.5, 0.6) is 5.75 Å². The molecule has 5 nitrogen and oxygen atoms in total. The minimum absolute atomic E-state index is 0.557. The van der Waals surface area contributed by atoms with E-state index in [0.29, 0.717) is 11.3 Å². The van der Waals surface area contributed by atoms with E-state index in [-0.39, 0.29) is 0 Å². The number of benzene rings is 1. The lowest BCUT2D eigenvalue weighted by atomic mass is 10.2. The summed E-state index contributed by atoms with van der Waals surface area (Å²) in [6, 6.07) is 6.92. The predicted octanol–water partition coefficient (Wildman–Crippen LogP) is 1.72. The third kappa shape index (κ3) is 6.07. The summed E-state index contributed by atoms with van der Waals surface area (Å²) in [4.78, 5) is 15.6. The molecule has 1 aromatic rings. The molecule has 1 rings (SSSR count). The molecule has 1 N–H and O–H groups in total. The normalized spacial score (nSPS) is 11.4. The molecule has 0 radical (unpaired) electrons. The highest BCUT2D eigenvalue weighted by atomic mass is 19.4. The van der Waals surface area contributed by atoms with Crippen molar-refractivity contribution in [1.29, 1.82) is 0 Å². The van der Waals surface area contributed by atoms with Crippen molar-refractivity contribution in [3.05, 3.63) is 29.8 Å². The van der Waals surface area contributed by atoms with Gasteiger partial charge < -0.3 is 14.9 Å². The second-order valence-corrected chi connectivity index (χ2v) is 3.64. The minimum atomic E-state index is -4.45. The highest BCUT2D eigenvalue weighted by Gasteiger charge is 2.27. The van der Waals surface area contributed by atoms with Crippen molar-refractivity contribution in [2.24, 2.45) is 5.16 Å². The molecule has 1 amide bonds. The zero-order chi connectivity index (χ0) is 15.0. The molecule has 0 fully saturated rings. The first kappa shape index (κ1) is 15.8. The lowest BCUT2D eigenvalue weighted by Crippen LogP contribution is -2.35. The summed E-state index contributed by atoms with van der Waals surface area (Å²) in [5.74, 6) is -0.346. The SMILES string of the molecule is COc1ccccc1/C=N/OCC(=O)NCC(F)(F)F. The number of hydrogen-bond donors (Lipinski definition) is 1. The van der Waals surface area contributed by atoms with E-state index in [9.17, 15) is 18.0 Å². The van der Waals surface area contributed by atoms with E-state index in [4.69, 9.17) is 4.74 Å². The fraction of sp³-hybridized carbons (Fsp3) is 0.333. The predicted molar refractivity (Wildman–Crippen MR) is 65.6 cm³/mol. The number of halogens is 3. The van der Waals surface area contributed by atoms with Crippen LogP contribution < -0.4 is 10.1 Å². The third-order valence-electron chi connectivity index (χ3n) is 2.09. The Morgan fingerprint density at radius 1 is 1.40 bits per heavy atom. The van der Waals surface area contributed by atoms with Gasteiger partial charge in [0.05, 0.1) is 13.3 Å². The molecule has 0 aliphatic carbocycles. The van der Waals surface area contributed by atoms with Crippen molar-refractivity contribution < 1.29 is 27.5 Å². The Hall–Kier alpha value is -2.25. The van der Waals surface area contributed by atoms with Gasteiger partial charge in [-0.1, -0.05) is 17.3 Å². The van der Waals surface area contributed by atoms with Gasteiger partial charge in [0.2, 0.25) is 0 Å². The number of rotatable bonds is 6. The van der Waals surface area contributed by atoms with E-state index in [1.165, 1.54) is 13.3 Å². The lowest BCUT2D eigenvalue weighted by Gasteiger charge is -2.07. The zero-order valence-electron chi connectivity index (χ0n) is 10.6. The van der Waals surface area contributed by atoms with E-state index in [1.807, 2.05) is 0 Å². The van der Waals surface area contributed by atoms with Crippen LogP contribution in [0.1, 0.15) is 5.56 Å². The van der Waals surface area contributed by atoms with Crippen LogP contribution in [0, 0.1) is 0 Å². The maximum Gasteiger partial charge on any atom is 0.405 e. The van der Waals surface area contributed by atoms with E-state index in [1.54, 1.807) is 29.6 Å². The first-order valence-corrected chi connectivity index (χ1v) is 5.54. The van der Waals surface area contributed by atoms with Crippen LogP contribution in [-0.4, -0.2) is 38.6 Å². The average molecular weight is 290 g/mol. The van der Waals surface area contributed by atoms with Crippen molar-refractivity contribution >= 4 is 12.1 Å². The molecular formula is C12H13F3N2O3. The van der Waals surface area contributed by atoms with Gasteiger partial charge in [0, 0.05) is 5.56 Å². The first-order valence-electron chi connectivity index (χ1n) is 5.54. The van der Waals surface area contributed by atoms with Crippen LogP contribution in [0.25, 0.3) is 0 Å². The standard InChI is InChI=1S/C12H13F3N2O3/c1-19-10-5-3-2-4-9(10)6-17-20-7-11(18)16-8-12(13,14)15/h2-6H,7-8H2,1H3,(H,16,18)/b17-6+. The molecule has 0 saturated carbocycles. The summed E-state index contributed by atoms with van der Waals surface area (Å²) < 4.78 is 40.5. The summed E-state index contributed by atoms with van der Waals surface area (Å²) >= 11 is 0. The Morgan fingerprint density at radius 2 is 2.10 bits per heavy atom. The molecule has 1 aromatic carbocycles. The van der Waals surface area contributed by atoms with E-state index >= 15 is 0 Å². The average Bonchev–Trinajstić information content (AvgIpc) is 2.41. The van der Waals surface area contributed by atoms with Gasteiger partial charge in [0.15, 0.2) is 6.61 Å². The second-order valence-electron chi connectivity index (χ2n) is 3.64. The molecule has 0 unspecified atom stereocenters. The molecule has 0 atom stereocenters. The summed E-state index contributed by atoms with van der Waals surface area (Å²) in [7, 11) is 1.48. The number of ether oxygens (including phenoxy) is 1. The molecule has 0 bridgehead atoms. The highest BCUT2D eigenvalue weighted by molar-refractivity contribution is 5.83. The number of hydrogen-bond acceptors (Lipinski definition) is 4. The van der Waals surface area contributed by atoms with Crippen LogP contribution in [0.2, 0.25) is 0 Å². The monoisotopic (exact) mass is 290 g/mol. The van der Waals surface area contributed by atoms with Crippen LogP contribution in [-0.2, 0) is 9.63 Å². The van der Waals surface area contributed by atoms with Gasteiger partial charge in [-0.15, -0.1) is 0 Å². The van der Waals surface area contributed by atoms with Gasteiger partial charge in [-0.2, -0.15) is 13.2 Å². The number of methoxy groups -OCH3 is 1. The van der Waals surface area contributed by atoms with Crippen molar-refractivity contribution in [1.82, 2.24) is 5.32 Å². The van der Waals surface area contributed by atoms with Crippen molar-refractivity contribution in [2.75, 3.05) is 20.3 Å².